The van der Waals surface area contributed by atoms with Crippen molar-refractivity contribution >= 4 is 16.7 Å². The van der Waals surface area contributed by atoms with Gasteiger partial charge in [0.1, 0.15) is 17.9 Å². The maximum Gasteiger partial charge on any atom is 0.137 e. The van der Waals surface area contributed by atoms with Gasteiger partial charge in [0, 0.05) is 35.4 Å². The van der Waals surface area contributed by atoms with Crippen molar-refractivity contribution in [3.8, 4) is 16.9 Å². The van der Waals surface area contributed by atoms with Gasteiger partial charge in [0.15, 0.2) is 0 Å². The molecule has 6 heteroatoms. The number of anilines is 1. The molecule has 3 aromatic rings. The Morgan fingerprint density at radius 3 is 2.64 bits per heavy atom. The van der Waals surface area contributed by atoms with Crippen LogP contribution in [0.5, 0.6) is 5.75 Å². The van der Waals surface area contributed by atoms with Crippen LogP contribution in [0.1, 0.15) is 25.7 Å². The fourth-order valence-electron chi connectivity index (χ4n) is 4.05. The van der Waals surface area contributed by atoms with Gasteiger partial charge in [0.25, 0.3) is 0 Å². The topological polar surface area (TPSA) is 63.2 Å². The van der Waals surface area contributed by atoms with E-state index in [1.54, 1.807) is 19.6 Å². The lowest BCUT2D eigenvalue weighted by molar-refractivity contribution is 0.221. The minimum Gasteiger partial charge on any atom is -0.496 e. The second-order valence-corrected chi connectivity index (χ2v) is 7.64. The Morgan fingerprint density at radius 1 is 1.07 bits per heavy atom. The van der Waals surface area contributed by atoms with Gasteiger partial charge in [-0.15, -0.1) is 0 Å². The van der Waals surface area contributed by atoms with E-state index in [0.29, 0.717) is 12.1 Å². The number of hydrogen-bond donors (Lipinski definition) is 1. The number of benzene rings is 1. The van der Waals surface area contributed by atoms with E-state index in [-0.39, 0.29) is 0 Å². The molecule has 1 aliphatic rings. The first-order valence-corrected chi connectivity index (χ1v) is 9.82. The molecule has 6 nitrogen and oxygen atoms in total. The summed E-state index contributed by atoms with van der Waals surface area (Å²) in [6.07, 6.45) is 9.95. The minimum absolute atomic E-state index is 0.450. The summed E-state index contributed by atoms with van der Waals surface area (Å²) in [4.78, 5) is 15.6. The van der Waals surface area contributed by atoms with Gasteiger partial charge in [-0.1, -0.05) is 6.07 Å². The SMILES string of the molecule is COc1ccncc1-c1ccc2ncnc(NC3CCC(N(C)C)CC3)c2c1. The van der Waals surface area contributed by atoms with Crippen molar-refractivity contribution in [1.29, 1.82) is 0 Å². The Balaban J connectivity index is 1.63. The molecule has 1 aliphatic carbocycles. The molecule has 0 amide bonds. The average Bonchev–Trinajstić information content (AvgIpc) is 2.74. The molecule has 0 saturated heterocycles. The standard InChI is InChI=1S/C22H27N5O/c1-27(2)17-7-5-16(6-8-17)26-22-18-12-15(4-9-20(18)24-14-25-22)19-13-23-11-10-21(19)28-3/h4,9-14,16-17H,5-8H2,1-3H3,(H,24,25,26). The minimum atomic E-state index is 0.450. The number of methoxy groups -OCH3 is 1. The normalized spacial score (nSPS) is 19.7. The van der Waals surface area contributed by atoms with E-state index >= 15 is 0 Å². The first kappa shape index (κ1) is 18.6. The van der Waals surface area contributed by atoms with E-state index < -0.39 is 0 Å². The zero-order valence-electron chi connectivity index (χ0n) is 16.7. The van der Waals surface area contributed by atoms with Gasteiger partial charge in [-0.2, -0.15) is 0 Å². The summed E-state index contributed by atoms with van der Waals surface area (Å²) in [5, 5.41) is 4.70. The Hall–Kier alpha value is -2.73. The van der Waals surface area contributed by atoms with E-state index in [4.69, 9.17) is 4.74 Å². The van der Waals surface area contributed by atoms with Gasteiger partial charge in [-0.3, -0.25) is 4.98 Å². The van der Waals surface area contributed by atoms with E-state index in [1.807, 2.05) is 18.3 Å². The summed E-state index contributed by atoms with van der Waals surface area (Å²) in [7, 11) is 6.02. The maximum absolute atomic E-state index is 5.50. The third-order valence-electron chi connectivity index (χ3n) is 5.72. The Bertz CT molecular complexity index is 951. The fourth-order valence-corrected chi connectivity index (χ4v) is 4.05. The molecule has 2 heterocycles. The van der Waals surface area contributed by atoms with Crippen LogP contribution >= 0.6 is 0 Å². The Kier molecular flexibility index (Phi) is 5.39. The van der Waals surface area contributed by atoms with Crippen LogP contribution in [-0.2, 0) is 0 Å². The van der Waals surface area contributed by atoms with Crippen LogP contribution in [0.3, 0.4) is 0 Å². The highest BCUT2D eigenvalue weighted by Crippen LogP contribution is 2.33. The molecule has 0 bridgehead atoms. The van der Waals surface area contributed by atoms with Crippen LogP contribution in [-0.4, -0.2) is 53.1 Å². The van der Waals surface area contributed by atoms with Crippen LogP contribution in [0.4, 0.5) is 5.82 Å². The Labute approximate surface area is 166 Å². The first-order chi connectivity index (χ1) is 13.7. The number of rotatable bonds is 5. The molecular weight excluding hydrogens is 350 g/mol. The fraction of sp³-hybridized carbons (Fsp3) is 0.409. The molecule has 1 aromatic carbocycles. The maximum atomic E-state index is 5.50. The van der Waals surface area contributed by atoms with E-state index in [0.717, 1.165) is 46.4 Å². The highest BCUT2D eigenvalue weighted by atomic mass is 16.5. The van der Waals surface area contributed by atoms with E-state index in [1.165, 1.54) is 12.8 Å². The van der Waals surface area contributed by atoms with Gasteiger partial charge in [-0.05, 0) is 63.5 Å². The summed E-state index contributed by atoms with van der Waals surface area (Å²) in [5.41, 5.74) is 2.95. The van der Waals surface area contributed by atoms with Gasteiger partial charge >= 0.3 is 0 Å². The molecule has 2 aromatic heterocycles. The van der Waals surface area contributed by atoms with Gasteiger partial charge in [0.05, 0.1) is 12.6 Å². The quantitative estimate of drug-likeness (QED) is 0.725. The van der Waals surface area contributed by atoms with Crippen molar-refractivity contribution in [1.82, 2.24) is 19.9 Å². The zero-order valence-corrected chi connectivity index (χ0v) is 16.7. The summed E-state index contributed by atoms with van der Waals surface area (Å²) >= 11 is 0. The number of nitrogens with zero attached hydrogens (tertiary/aromatic N) is 4. The summed E-state index contributed by atoms with van der Waals surface area (Å²) < 4.78 is 5.50. The van der Waals surface area contributed by atoms with Gasteiger partial charge in [-0.25, -0.2) is 9.97 Å². The predicted molar refractivity (Wildman–Crippen MR) is 113 cm³/mol. The monoisotopic (exact) mass is 377 g/mol. The molecule has 1 fully saturated rings. The van der Waals surface area contributed by atoms with Crippen molar-refractivity contribution in [2.45, 2.75) is 37.8 Å². The molecule has 0 unspecified atom stereocenters. The number of hydrogen-bond acceptors (Lipinski definition) is 6. The van der Waals surface area contributed by atoms with Crippen molar-refractivity contribution in [3.05, 3.63) is 43.0 Å². The third-order valence-corrected chi connectivity index (χ3v) is 5.72. The van der Waals surface area contributed by atoms with Crippen molar-refractivity contribution in [2.75, 3.05) is 26.5 Å². The number of aromatic nitrogens is 3. The summed E-state index contributed by atoms with van der Waals surface area (Å²) in [6.45, 7) is 0. The van der Waals surface area contributed by atoms with Crippen molar-refractivity contribution < 1.29 is 4.74 Å². The van der Waals surface area contributed by atoms with Crippen molar-refractivity contribution in [2.24, 2.45) is 0 Å². The van der Waals surface area contributed by atoms with E-state index in [9.17, 15) is 0 Å². The summed E-state index contributed by atoms with van der Waals surface area (Å²) in [6, 6.07) is 9.23. The molecule has 0 spiro atoms. The van der Waals surface area contributed by atoms with Crippen LogP contribution in [0.2, 0.25) is 0 Å². The number of fused-ring (bicyclic) bond motifs is 1. The molecule has 146 valence electrons. The number of nitrogens with one attached hydrogen (secondary N) is 1. The lowest BCUT2D eigenvalue weighted by Crippen LogP contribution is -2.36. The molecule has 28 heavy (non-hydrogen) atoms. The molecule has 0 radical (unpaired) electrons. The van der Waals surface area contributed by atoms with Crippen LogP contribution in [0, 0.1) is 0 Å². The third kappa shape index (κ3) is 3.78. The lowest BCUT2D eigenvalue weighted by Gasteiger charge is -2.33. The molecule has 0 atom stereocenters. The van der Waals surface area contributed by atoms with Crippen molar-refractivity contribution in [3.63, 3.8) is 0 Å². The molecule has 1 N–H and O–H groups in total. The highest BCUT2D eigenvalue weighted by molar-refractivity contribution is 5.93. The van der Waals surface area contributed by atoms with Gasteiger partial charge in [0.2, 0.25) is 0 Å². The molecule has 0 aliphatic heterocycles. The Morgan fingerprint density at radius 2 is 1.89 bits per heavy atom. The molecule has 4 rings (SSSR count). The summed E-state index contributed by atoms with van der Waals surface area (Å²) in [5.74, 6) is 1.71. The second kappa shape index (κ2) is 8.10. The molecular formula is C22H27N5O. The van der Waals surface area contributed by atoms with Crippen LogP contribution in [0.25, 0.3) is 22.0 Å². The lowest BCUT2D eigenvalue weighted by atomic mass is 9.90. The smallest absolute Gasteiger partial charge is 0.137 e. The number of pyridine rings is 1. The average molecular weight is 377 g/mol. The van der Waals surface area contributed by atoms with Crippen LogP contribution < -0.4 is 10.1 Å². The zero-order chi connectivity index (χ0) is 19.5. The van der Waals surface area contributed by atoms with E-state index in [2.05, 4.69) is 51.4 Å². The van der Waals surface area contributed by atoms with Crippen LogP contribution in [0.15, 0.2) is 43.0 Å². The first-order valence-electron chi connectivity index (χ1n) is 9.82. The molecule has 1 saturated carbocycles. The highest BCUT2D eigenvalue weighted by Gasteiger charge is 2.23. The second-order valence-electron chi connectivity index (χ2n) is 7.64. The largest absolute Gasteiger partial charge is 0.496 e. The van der Waals surface area contributed by atoms with Gasteiger partial charge < -0.3 is 15.0 Å². The number of ether oxygens (including phenoxy) is 1. The predicted octanol–water partition coefficient (Wildman–Crippen LogP) is 3.99.